The third kappa shape index (κ3) is 6.70. The molecule has 0 aliphatic rings. The number of rotatable bonds is 9. The van der Waals surface area contributed by atoms with Crippen LogP contribution >= 0.6 is 11.6 Å². The van der Waals surface area contributed by atoms with Crippen molar-refractivity contribution in [1.29, 1.82) is 0 Å². The van der Waals surface area contributed by atoms with E-state index < -0.39 is 5.97 Å². The number of methoxy groups -OCH3 is 1. The molecule has 5 rings (SSSR count). The van der Waals surface area contributed by atoms with Crippen LogP contribution in [-0.4, -0.2) is 13.1 Å². The Bertz CT molecular complexity index is 1700. The summed E-state index contributed by atoms with van der Waals surface area (Å²) in [6, 6.07) is 26.1. The summed E-state index contributed by atoms with van der Waals surface area (Å²) in [6.45, 7) is 0.418. The first-order valence-electron chi connectivity index (χ1n) is 12.2. The Kier molecular flexibility index (Phi) is 8.13. The second-order valence-electron chi connectivity index (χ2n) is 8.60. The Morgan fingerprint density at radius 2 is 1.52 bits per heavy atom. The lowest BCUT2D eigenvalue weighted by Gasteiger charge is -2.07. The van der Waals surface area contributed by atoms with Crippen molar-refractivity contribution in [3.8, 4) is 28.7 Å². The first kappa shape index (κ1) is 26.6. The fraction of sp³-hybridized carbons (Fsp3) is 0.0625. The molecule has 0 spiro atoms. The number of benzene rings is 4. The number of halogens is 1. The van der Waals surface area contributed by atoms with Crippen molar-refractivity contribution >= 4 is 34.6 Å². The molecule has 0 unspecified atom stereocenters. The number of hydrogen-bond acceptors (Lipinski definition) is 7. The van der Waals surface area contributed by atoms with Crippen molar-refractivity contribution in [3.63, 3.8) is 0 Å². The molecular formula is C32H23ClO7. The van der Waals surface area contributed by atoms with E-state index in [1.165, 1.54) is 30.5 Å². The molecule has 0 radical (unpaired) electrons. The molecule has 4 aromatic carbocycles. The number of ether oxygens (including phenoxy) is 4. The van der Waals surface area contributed by atoms with Crippen LogP contribution in [0.15, 0.2) is 113 Å². The predicted octanol–water partition coefficient (Wildman–Crippen LogP) is 7.45. The molecule has 0 amide bonds. The van der Waals surface area contributed by atoms with Gasteiger partial charge in [-0.2, -0.15) is 0 Å². The predicted molar refractivity (Wildman–Crippen MR) is 152 cm³/mol. The van der Waals surface area contributed by atoms with Gasteiger partial charge in [-0.3, -0.25) is 4.79 Å². The van der Waals surface area contributed by atoms with Crippen molar-refractivity contribution in [1.82, 2.24) is 0 Å². The lowest BCUT2D eigenvalue weighted by Crippen LogP contribution is -2.06. The zero-order valence-electron chi connectivity index (χ0n) is 21.3. The highest BCUT2D eigenvalue weighted by atomic mass is 35.5. The summed E-state index contributed by atoms with van der Waals surface area (Å²) < 4.78 is 27.5. The Morgan fingerprint density at radius 3 is 2.25 bits per heavy atom. The van der Waals surface area contributed by atoms with Gasteiger partial charge in [-0.05, 0) is 77.9 Å². The molecule has 1 heterocycles. The van der Waals surface area contributed by atoms with Crippen LogP contribution in [0.25, 0.3) is 17.0 Å². The summed E-state index contributed by atoms with van der Waals surface area (Å²) in [5.74, 6) is 1.52. The smallest absolute Gasteiger partial charge is 0.336 e. The van der Waals surface area contributed by atoms with Crippen LogP contribution in [-0.2, 0) is 11.4 Å². The summed E-state index contributed by atoms with van der Waals surface area (Å²) in [5.41, 5.74) is 1.71. The largest absolute Gasteiger partial charge is 0.497 e. The first-order valence-corrected chi connectivity index (χ1v) is 12.6. The molecule has 0 saturated carbocycles. The summed E-state index contributed by atoms with van der Waals surface area (Å²) in [5, 5.41) is 0.968. The zero-order chi connectivity index (χ0) is 27.9. The van der Waals surface area contributed by atoms with E-state index in [4.69, 9.17) is 35.0 Å². The normalized spacial score (nSPS) is 10.9. The molecule has 0 bridgehead atoms. The molecule has 1 aromatic heterocycles. The zero-order valence-corrected chi connectivity index (χ0v) is 22.1. The van der Waals surface area contributed by atoms with E-state index in [0.29, 0.717) is 34.3 Å². The van der Waals surface area contributed by atoms with Crippen molar-refractivity contribution in [2.45, 2.75) is 6.61 Å². The Labute approximate surface area is 234 Å². The second-order valence-corrected chi connectivity index (χ2v) is 9.04. The Balaban J connectivity index is 1.18. The number of carbonyl (C=O) groups excluding carboxylic acids is 1. The topological polar surface area (TPSA) is 84.2 Å². The van der Waals surface area contributed by atoms with E-state index in [2.05, 4.69) is 0 Å². The van der Waals surface area contributed by atoms with Gasteiger partial charge in [-0.1, -0.05) is 35.9 Å². The fourth-order valence-electron chi connectivity index (χ4n) is 3.73. The summed E-state index contributed by atoms with van der Waals surface area (Å²) >= 11 is 5.90. The lowest BCUT2D eigenvalue weighted by molar-refractivity contribution is -0.128. The van der Waals surface area contributed by atoms with Crippen LogP contribution in [0.1, 0.15) is 11.1 Å². The minimum Gasteiger partial charge on any atom is -0.497 e. The monoisotopic (exact) mass is 554 g/mol. The molecule has 5 aromatic rings. The van der Waals surface area contributed by atoms with Crippen LogP contribution in [0.3, 0.4) is 0 Å². The highest BCUT2D eigenvalue weighted by molar-refractivity contribution is 6.30. The molecule has 0 atom stereocenters. The van der Waals surface area contributed by atoms with Crippen LogP contribution < -0.4 is 24.4 Å². The third-order valence-corrected chi connectivity index (χ3v) is 6.08. The van der Waals surface area contributed by atoms with Gasteiger partial charge in [0.2, 0.25) is 11.2 Å². The van der Waals surface area contributed by atoms with Crippen molar-refractivity contribution in [2.24, 2.45) is 0 Å². The van der Waals surface area contributed by atoms with Gasteiger partial charge in [-0.15, -0.1) is 0 Å². The van der Waals surface area contributed by atoms with Gasteiger partial charge in [-0.25, -0.2) is 4.79 Å². The summed E-state index contributed by atoms with van der Waals surface area (Å²) in [6.07, 6.45) is 4.17. The van der Waals surface area contributed by atoms with E-state index in [0.717, 1.165) is 11.1 Å². The SMILES string of the molecule is COc1ccc(Oc2coc3cc(OC(=O)C=Cc4ccc(OCc5ccc(Cl)cc5)cc4)ccc3c2=O)cc1. The second kappa shape index (κ2) is 12.2. The highest BCUT2D eigenvalue weighted by Crippen LogP contribution is 2.25. The van der Waals surface area contributed by atoms with E-state index >= 15 is 0 Å². The van der Waals surface area contributed by atoms with Gasteiger partial charge in [0, 0.05) is 17.2 Å². The maximum absolute atomic E-state index is 12.9. The molecular weight excluding hydrogens is 532 g/mol. The molecule has 0 N–H and O–H groups in total. The Morgan fingerprint density at radius 1 is 0.850 bits per heavy atom. The van der Waals surface area contributed by atoms with Crippen molar-refractivity contribution in [2.75, 3.05) is 7.11 Å². The quantitative estimate of drug-likeness (QED) is 0.106. The van der Waals surface area contributed by atoms with E-state index in [-0.39, 0.29) is 22.5 Å². The Hall–Kier alpha value is -5.01. The molecule has 0 aliphatic carbocycles. The maximum atomic E-state index is 12.9. The van der Waals surface area contributed by atoms with Crippen LogP contribution in [0.5, 0.6) is 28.7 Å². The molecule has 0 aliphatic heterocycles. The number of hydrogen-bond donors (Lipinski definition) is 0. The minimum atomic E-state index is -0.579. The number of fused-ring (bicyclic) bond motifs is 1. The van der Waals surface area contributed by atoms with Crippen LogP contribution in [0.4, 0.5) is 0 Å². The lowest BCUT2D eigenvalue weighted by atomic mass is 10.2. The molecule has 7 nitrogen and oxygen atoms in total. The first-order chi connectivity index (χ1) is 19.5. The van der Waals surface area contributed by atoms with Crippen molar-refractivity contribution in [3.05, 3.63) is 130 Å². The number of esters is 1. The molecule has 0 fully saturated rings. The summed E-state index contributed by atoms with van der Waals surface area (Å²) in [7, 11) is 1.57. The maximum Gasteiger partial charge on any atom is 0.336 e. The van der Waals surface area contributed by atoms with Gasteiger partial charge < -0.3 is 23.4 Å². The molecule has 8 heteroatoms. The van der Waals surface area contributed by atoms with Crippen LogP contribution in [0, 0.1) is 0 Å². The van der Waals surface area contributed by atoms with Gasteiger partial charge in [0.25, 0.3) is 0 Å². The van der Waals surface area contributed by atoms with E-state index in [9.17, 15) is 9.59 Å². The standard InChI is InChI=1S/C32H23ClO7/c1-36-24-11-13-26(14-12-24)39-30-20-38-29-18-27(15-16-28(29)32(30)35)40-31(34)17-6-21-4-9-25(10-5-21)37-19-22-2-7-23(33)8-3-22/h2-18,20H,19H2,1H3. The molecule has 200 valence electrons. The van der Waals surface area contributed by atoms with Gasteiger partial charge in [0.1, 0.15) is 41.5 Å². The average Bonchev–Trinajstić information content (AvgIpc) is 2.98. The minimum absolute atomic E-state index is 0.0340. The van der Waals surface area contributed by atoms with Gasteiger partial charge in [0.05, 0.1) is 12.5 Å². The van der Waals surface area contributed by atoms with E-state index in [1.807, 2.05) is 48.5 Å². The van der Waals surface area contributed by atoms with Crippen LogP contribution in [0.2, 0.25) is 5.02 Å². The van der Waals surface area contributed by atoms with Crippen molar-refractivity contribution < 1.29 is 28.2 Å². The summed E-state index contributed by atoms with van der Waals surface area (Å²) in [4.78, 5) is 25.2. The van der Waals surface area contributed by atoms with Gasteiger partial charge >= 0.3 is 5.97 Å². The molecule has 0 saturated heterocycles. The third-order valence-electron chi connectivity index (χ3n) is 5.83. The van der Waals surface area contributed by atoms with Gasteiger partial charge in [0.15, 0.2) is 0 Å². The highest BCUT2D eigenvalue weighted by Gasteiger charge is 2.11. The number of carbonyl (C=O) groups is 1. The molecule has 40 heavy (non-hydrogen) atoms. The van der Waals surface area contributed by atoms with E-state index in [1.54, 1.807) is 37.5 Å². The average molecular weight is 555 g/mol. The fourth-order valence-corrected chi connectivity index (χ4v) is 3.86.